The van der Waals surface area contributed by atoms with E-state index in [-0.39, 0.29) is 33.3 Å². The van der Waals surface area contributed by atoms with E-state index in [0.29, 0.717) is 25.9 Å². The molecule has 1 saturated heterocycles. The third kappa shape index (κ3) is 4.75. The van der Waals surface area contributed by atoms with Crippen molar-refractivity contribution >= 4 is 33.4 Å². The summed E-state index contributed by atoms with van der Waals surface area (Å²) in [6.07, 6.45) is 3.78. The van der Waals surface area contributed by atoms with E-state index in [2.05, 4.69) is 10.0 Å². The highest BCUT2D eigenvalue weighted by molar-refractivity contribution is 7.89. The number of hydrogen-bond donors (Lipinski definition) is 2. The zero-order valence-corrected chi connectivity index (χ0v) is 15.9. The fourth-order valence-corrected chi connectivity index (χ4v) is 4.68. The van der Waals surface area contributed by atoms with Crippen molar-refractivity contribution in [3.05, 3.63) is 28.8 Å². The van der Waals surface area contributed by atoms with Crippen molar-refractivity contribution in [3.63, 3.8) is 0 Å². The second kappa shape index (κ2) is 7.94. The Morgan fingerprint density at radius 2 is 2.08 bits per heavy atom. The molecule has 0 spiro atoms. The van der Waals surface area contributed by atoms with Crippen LogP contribution < -0.4 is 10.0 Å². The number of amides is 2. The van der Waals surface area contributed by atoms with Gasteiger partial charge in [-0.05, 0) is 43.9 Å². The van der Waals surface area contributed by atoms with E-state index in [1.165, 1.54) is 18.2 Å². The third-order valence-electron chi connectivity index (χ3n) is 4.44. The van der Waals surface area contributed by atoms with Crippen LogP contribution in [0.5, 0.6) is 0 Å². The largest absolute Gasteiger partial charge is 0.352 e. The Bertz CT molecular complexity index is 808. The van der Waals surface area contributed by atoms with E-state index in [1.54, 1.807) is 4.90 Å². The summed E-state index contributed by atoms with van der Waals surface area (Å²) in [5, 5.41) is 2.84. The van der Waals surface area contributed by atoms with Crippen LogP contribution in [0.4, 0.5) is 0 Å². The number of likely N-dealkylation sites (tertiary alicyclic amines) is 1. The molecule has 1 heterocycles. The fourth-order valence-electron chi connectivity index (χ4n) is 2.85. The number of halogens is 1. The van der Waals surface area contributed by atoms with Gasteiger partial charge in [-0.2, -0.15) is 0 Å². The predicted octanol–water partition coefficient (Wildman–Crippen LogP) is 1.52. The molecule has 9 heteroatoms. The zero-order chi connectivity index (χ0) is 18.7. The Balaban J connectivity index is 1.57. The van der Waals surface area contributed by atoms with Gasteiger partial charge in [-0.15, -0.1) is 0 Å². The molecular weight excluding hydrogens is 378 g/mol. The molecule has 2 aliphatic rings. The summed E-state index contributed by atoms with van der Waals surface area (Å²) < 4.78 is 27.3. The molecule has 2 amide bonds. The summed E-state index contributed by atoms with van der Waals surface area (Å²) in [6.45, 7) is 1.80. The van der Waals surface area contributed by atoms with Crippen LogP contribution in [0.15, 0.2) is 23.1 Å². The van der Waals surface area contributed by atoms with Gasteiger partial charge in [0.15, 0.2) is 0 Å². The molecule has 0 radical (unpaired) electrons. The molecule has 2 fully saturated rings. The van der Waals surface area contributed by atoms with Crippen LogP contribution in [-0.4, -0.2) is 50.8 Å². The first kappa shape index (κ1) is 19.1. The molecule has 1 aliphatic heterocycles. The minimum Gasteiger partial charge on any atom is -0.352 e. The standard InChI is InChI=1S/C17H22ClN3O4S/c18-14-7-4-12(11-15(14)26(24,25)20-13-5-6-13)17(23)19-8-2-10-21-9-1-3-16(21)22/h4,7,11,13,20H,1-3,5-6,8-10H2,(H,19,23). The van der Waals surface area contributed by atoms with Gasteiger partial charge in [0.05, 0.1) is 5.02 Å². The maximum absolute atomic E-state index is 12.4. The summed E-state index contributed by atoms with van der Waals surface area (Å²) in [6, 6.07) is 4.17. The summed E-state index contributed by atoms with van der Waals surface area (Å²) in [5.74, 6) is -0.204. The van der Waals surface area contributed by atoms with Crippen LogP contribution in [0.3, 0.4) is 0 Å². The number of hydrogen-bond acceptors (Lipinski definition) is 4. The quantitative estimate of drug-likeness (QED) is 0.648. The van der Waals surface area contributed by atoms with E-state index in [1.807, 2.05) is 0 Å². The van der Waals surface area contributed by atoms with Crippen LogP contribution in [0.25, 0.3) is 0 Å². The Hall–Kier alpha value is -1.64. The van der Waals surface area contributed by atoms with Crippen LogP contribution in [0.1, 0.15) is 42.5 Å². The first-order valence-electron chi connectivity index (χ1n) is 8.75. The smallest absolute Gasteiger partial charge is 0.251 e. The summed E-state index contributed by atoms with van der Waals surface area (Å²) in [7, 11) is -3.73. The van der Waals surface area contributed by atoms with Crippen molar-refractivity contribution in [3.8, 4) is 0 Å². The lowest BCUT2D eigenvalue weighted by Crippen LogP contribution is -2.31. The summed E-state index contributed by atoms with van der Waals surface area (Å²) in [4.78, 5) is 25.5. The number of nitrogens with zero attached hydrogens (tertiary/aromatic N) is 1. The normalized spacial score (nSPS) is 17.6. The molecule has 0 aromatic heterocycles. The monoisotopic (exact) mass is 399 g/mol. The molecule has 1 aromatic rings. The Kier molecular flexibility index (Phi) is 5.84. The van der Waals surface area contributed by atoms with E-state index in [9.17, 15) is 18.0 Å². The van der Waals surface area contributed by atoms with Crippen LogP contribution in [-0.2, 0) is 14.8 Å². The Morgan fingerprint density at radius 3 is 2.73 bits per heavy atom. The number of rotatable bonds is 8. The third-order valence-corrected chi connectivity index (χ3v) is 6.45. The first-order valence-corrected chi connectivity index (χ1v) is 10.6. The molecular formula is C17H22ClN3O4S. The lowest BCUT2D eigenvalue weighted by molar-refractivity contribution is -0.127. The van der Waals surface area contributed by atoms with Gasteiger partial charge in [-0.1, -0.05) is 11.6 Å². The van der Waals surface area contributed by atoms with E-state index >= 15 is 0 Å². The number of benzene rings is 1. The molecule has 2 N–H and O–H groups in total. The maximum atomic E-state index is 12.4. The molecule has 26 heavy (non-hydrogen) atoms. The van der Waals surface area contributed by atoms with Gasteiger partial charge in [0.25, 0.3) is 5.91 Å². The van der Waals surface area contributed by atoms with E-state index in [4.69, 9.17) is 11.6 Å². The van der Waals surface area contributed by atoms with Gasteiger partial charge in [-0.25, -0.2) is 13.1 Å². The second-order valence-corrected chi connectivity index (χ2v) is 8.72. The van der Waals surface area contributed by atoms with Gasteiger partial charge >= 0.3 is 0 Å². The average Bonchev–Trinajstić information content (AvgIpc) is 3.30. The number of carbonyl (C=O) groups is 2. The van der Waals surface area contributed by atoms with Crippen molar-refractivity contribution in [2.75, 3.05) is 19.6 Å². The number of carbonyl (C=O) groups excluding carboxylic acids is 2. The molecule has 1 aromatic carbocycles. The Morgan fingerprint density at radius 1 is 1.31 bits per heavy atom. The fraction of sp³-hybridized carbons (Fsp3) is 0.529. The van der Waals surface area contributed by atoms with Crippen molar-refractivity contribution in [2.45, 2.75) is 43.0 Å². The number of sulfonamides is 1. The van der Waals surface area contributed by atoms with Gasteiger partial charge < -0.3 is 10.2 Å². The lowest BCUT2D eigenvalue weighted by atomic mass is 10.2. The molecule has 1 saturated carbocycles. The predicted molar refractivity (Wildman–Crippen MR) is 97.6 cm³/mol. The van der Waals surface area contributed by atoms with Gasteiger partial charge in [0.1, 0.15) is 4.90 Å². The van der Waals surface area contributed by atoms with Crippen LogP contribution in [0.2, 0.25) is 5.02 Å². The number of nitrogens with one attached hydrogen (secondary N) is 2. The molecule has 7 nitrogen and oxygen atoms in total. The minimum absolute atomic E-state index is 0.0400. The molecule has 142 valence electrons. The zero-order valence-electron chi connectivity index (χ0n) is 14.3. The van der Waals surface area contributed by atoms with Gasteiger partial charge in [0, 0.05) is 37.7 Å². The minimum atomic E-state index is -3.73. The first-order chi connectivity index (χ1) is 12.4. The summed E-state index contributed by atoms with van der Waals surface area (Å²) >= 11 is 6.01. The molecule has 0 atom stereocenters. The topological polar surface area (TPSA) is 95.6 Å². The molecule has 0 bridgehead atoms. The van der Waals surface area contributed by atoms with Gasteiger partial charge in [-0.3, -0.25) is 9.59 Å². The van der Waals surface area contributed by atoms with Crippen molar-refractivity contribution in [1.29, 1.82) is 0 Å². The Labute approximate surface area is 158 Å². The SMILES string of the molecule is O=C(NCCCN1CCCC1=O)c1ccc(Cl)c(S(=O)(=O)NC2CC2)c1. The van der Waals surface area contributed by atoms with Gasteiger partial charge in [0.2, 0.25) is 15.9 Å². The summed E-state index contributed by atoms with van der Waals surface area (Å²) in [5.41, 5.74) is 0.239. The highest BCUT2D eigenvalue weighted by Crippen LogP contribution is 2.26. The van der Waals surface area contributed by atoms with Crippen molar-refractivity contribution in [1.82, 2.24) is 14.9 Å². The highest BCUT2D eigenvalue weighted by Gasteiger charge is 2.29. The average molecular weight is 400 g/mol. The van der Waals surface area contributed by atoms with E-state index < -0.39 is 10.0 Å². The molecule has 1 aliphatic carbocycles. The van der Waals surface area contributed by atoms with Crippen LogP contribution in [0, 0.1) is 0 Å². The molecule has 3 rings (SSSR count). The maximum Gasteiger partial charge on any atom is 0.251 e. The van der Waals surface area contributed by atoms with E-state index in [0.717, 1.165) is 25.8 Å². The van der Waals surface area contributed by atoms with Crippen molar-refractivity contribution < 1.29 is 18.0 Å². The van der Waals surface area contributed by atoms with Crippen LogP contribution >= 0.6 is 11.6 Å². The lowest BCUT2D eigenvalue weighted by Gasteiger charge is -2.15. The second-order valence-electron chi connectivity index (χ2n) is 6.63. The molecule has 0 unspecified atom stereocenters. The van der Waals surface area contributed by atoms with Crippen molar-refractivity contribution in [2.24, 2.45) is 0 Å². The highest BCUT2D eigenvalue weighted by atomic mass is 35.5.